The number of methoxy groups -OCH3 is 1. The lowest BCUT2D eigenvalue weighted by Crippen LogP contribution is -2.57. The fourth-order valence-corrected chi connectivity index (χ4v) is 4.47. The highest BCUT2D eigenvalue weighted by atomic mass is 16.5. The summed E-state index contributed by atoms with van der Waals surface area (Å²) in [5.74, 6) is 1.08. The normalized spacial score (nSPS) is 36.4. The Morgan fingerprint density at radius 1 is 1.27 bits per heavy atom. The first-order valence-electron chi connectivity index (χ1n) is 8.97. The Morgan fingerprint density at radius 2 is 2.09 bits per heavy atom. The molecular formula is C17H31N3O2. The highest BCUT2D eigenvalue weighted by Crippen LogP contribution is 2.33. The molecular weight excluding hydrogens is 278 g/mol. The van der Waals surface area contributed by atoms with Crippen LogP contribution >= 0.6 is 0 Å². The van der Waals surface area contributed by atoms with Gasteiger partial charge in [-0.2, -0.15) is 0 Å². The molecule has 2 aliphatic heterocycles. The highest BCUT2D eigenvalue weighted by molar-refractivity contribution is 5.82. The van der Waals surface area contributed by atoms with Crippen LogP contribution in [0.3, 0.4) is 0 Å². The largest absolute Gasteiger partial charge is 0.383 e. The van der Waals surface area contributed by atoms with Gasteiger partial charge in [-0.25, -0.2) is 0 Å². The van der Waals surface area contributed by atoms with Crippen LogP contribution in [0, 0.1) is 5.92 Å². The van der Waals surface area contributed by atoms with Gasteiger partial charge < -0.3 is 15.0 Å². The van der Waals surface area contributed by atoms with Crippen LogP contribution in [0.15, 0.2) is 0 Å². The van der Waals surface area contributed by atoms with Gasteiger partial charge in [0.2, 0.25) is 5.91 Å². The molecule has 3 aliphatic rings. The minimum Gasteiger partial charge on any atom is -0.383 e. The summed E-state index contributed by atoms with van der Waals surface area (Å²) in [5, 5.41) is 3.63. The average Bonchev–Trinajstić information content (AvgIpc) is 2.97. The second kappa shape index (κ2) is 7.28. The summed E-state index contributed by atoms with van der Waals surface area (Å²) in [4.78, 5) is 17.3. The maximum Gasteiger partial charge on any atom is 0.239 e. The minimum atomic E-state index is 0.0748. The molecule has 0 spiro atoms. The number of carbonyl (C=O) groups is 1. The van der Waals surface area contributed by atoms with Crippen molar-refractivity contribution in [3.05, 3.63) is 0 Å². The number of fused-ring (bicyclic) bond motifs is 1. The summed E-state index contributed by atoms with van der Waals surface area (Å²) in [6.45, 7) is 6.64. The Balaban J connectivity index is 1.51. The fraction of sp³-hybridized carbons (Fsp3) is 0.941. The average molecular weight is 309 g/mol. The van der Waals surface area contributed by atoms with Crippen LogP contribution in [0.4, 0.5) is 0 Å². The molecule has 0 aromatic heterocycles. The summed E-state index contributed by atoms with van der Waals surface area (Å²) in [5.41, 5.74) is 0. The third-order valence-electron chi connectivity index (χ3n) is 5.82. The van der Waals surface area contributed by atoms with Crippen LogP contribution in [0.25, 0.3) is 0 Å². The van der Waals surface area contributed by atoms with E-state index in [1.54, 1.807) is 7.11 Å². The summed E-state index contributed by atoms with van der Waals surface area (Å²) in [7, 11) is 1.75. The van der Waals surface area contributed by atoms with E-state index >= 15 is 0 Å². The number of hydrogen-bond acceptors (Lipinski definition) is 4. The zero-order chi connectivity index (χ0) is 15.5. The van der Waals surface area contributed by atoms with Crippen LogP contribution in [-0.4, -0.2) is 73.7 Å². The van der Waals surface area contributed by atoms with Gasteiger partial charge in [-0.05, 0) is 32.1 Å². The van der Waals surface area contributed by atoms with Crippen molar-refractivity contribution < 1.29 is 9.53 Å². The van der Waals surface area contributed by atoms with Crippen molar-refractivity contribution in [2.24, 2.45) is 5.92 Å². The van der Waals surface area contributed by atoms with E-state index in [9.17, 15) is 4.79 Å². The molecule has 126 valence electrons. The van der Waals surface area contributed by atoms with E-state index in [0.717, 1.165) is 45.1 Å². The summed E-state index contributed by atoms with van der Waals surface area (Å²) >= 11 is 0. The lowest BCUT2D eigenvalue weighted by Gasteiger charge is -2.40. The number of ether oxygens (including phenoxy) is 1. The first kappa shape index (κ1) is 16.2. The van der Waals surface area contributed by atoms with Gasteiger partial charge in [-0.15, -0.1) is 0 Å². The molecule has 4 unspecified atom stereocenters. The third kappa shape index (κ3) is 3.47. The number of rotatable bonds is 4. The Bertz CT molecular complexity index is 376. The summed E-state index contributed by atoms with van der Waals surface area (Å²) in [6.07, 6.45) is 6.29. The van der Waals surface area contributed by atoms with E-state index in [-0.39, 0.29) is 6.04 Å². The Kier molecular flexibility index (Phi) is 5.37. The fourth-order valence-electron chi connectivity index (χ4n) is 4.47. The molecule has 2 heterocycles. The number of piperazine rings is 1. The maximum absolute atomic E-state index is 12.8. The van der Waals surface area contributed by atoms with Crippen LogP contribution in [-0.2, 0) is 9.53 Å². The lowest BCUT2D eigenvalue weighted by molar-refractivity contribution is -0.136. The van der Waals surface area contributed by atoms with Crippen molar-refractivity contribution in [1.29, 1.82) is 0 Å². The second-order valence-corrected chi connectivity index (χ2v) is 7.27. The number of hydrogen-bond donors (Lipinski definition) is 1. The number of amides is 1. The standard InChI is InChI=1S/C17H31N3O2/c1-13-12-20(8-7-19(13)9-10-22-2)17(21)16-11-14-5-3-4-6-15(14)18-16/h13-16,18H,3-12H2,1-2H3. The summed E-state index contributed by atoms with van der Waals surface area (Å²) in [6, 6.07) is 1.10. The van der Waals surface area contributed by atoms with Crippen molar-refractivity contribution in [3.8, 4) is 0 Å². The second-order valence-electron chi connectivity index (χ2n) is 7.27. The highest BCUT2D eigenvalue weighted by Gasteiger charge is 2.40. The molecule has 4 atom stereocenters. The predicted octanol–water partition coefficient (Wildman–Crippen LogP) is 1.09. The number of carbonyl (C=O) groups excluding carboxylic acids is 1. The Morgan fingerprint density at radius 3 is 2.82 bits per heavy atom. The monoisotopic (exact) mass is 309 g/mol. The molecule has 1 N–H and O–H groups in total. The first-order chi connectivity index (χ1) is 10.7. The lowest BCUT2D eigenvalue weighted by atomic mass is 9.85. The van der Waals surface area contributed by atoms with Gasteiger partial charge in [0.05, 0.1) is 12.6 Å². The molecule has 0 radical (unpaired) electrons. The summed E-state index contributed by atoms with van der Waals surface area (Å²) < 4.78 is 5.17. The van der Waals surface area contributed by atoms with E-state index in [2.05, 4.69) is 22.0 Å². The van der Waals surface area contributed by atoms with Gasteiger partial charge in [-0.3, -0.25) is 9.69 Å². The predicted molar refractivity (Wildman–Crippen MR) is 86.8 cm³/mol. The number of nitrogens with one attached hydrogen (secondary N) is 1. The van der Waals surface area contributed by atoms with Gasteiger partial charge in [0.15, 0.2) is 0 Å². The van der Waals surface area contributed by atoms with Crippen molar-refractivity contribution in [2.75, 3.05) is 39.9 Å². The zero-order valence-corrected chi connectivity index (χ0v) is 14.1. The topological polar surface area (TPSA) is 44.8 Å². The molecule has 1 amide bonds. The van der Waals surface area contributed by atoms with E-state index in [0.29, 0.717) is 18.0 Å². The maximum atomic E-state index is 12.8. The van der Waals surface area contributed by atoms with E-state index in [1.165, 1.54) is 25.7 Å². The smallest absolute Gasteiger partial charge is 0.239 e. The van der Waals surface area contributed by atoms with E-state index < -0.39 is 0 Å². The SMILES string of the molecule is COCCN1CCN(C(=O)C2CC3CCCCC3N2)CC1C. The molecule has 5 heteroatoms. The molecule has 0 aromatic rings. The third-order valence-corrected chi connectivity index (χ3v) is 5.82. The van der Waals surface area contributed by atoms with Crippen LogP contribution < -0.4 is 5.32 Å². The molecule has 0 aromatic carbocycles. The van der Waals surface area contributed by atoms with E-state index in [4.69, 9.17) is 4.74 Å². The van der Waals surface area contributed by atoms with Crippen LogP contribution in [0.5, 0.6) is 0 Å². The molecule has 1 saturated carbocycles. The molecule has 3 fully saturated rings. The number of nitrogens with zero attached hydrogens (tertiary/aromatic N) is 2. The molecule has 1 aliphatic carbocycles. The van der Waals surface area contributed by atoms with Gasteiger partial charge in [0.25, 0.3) is 0 Å². The van der Waals surface area contributed by atoms with Gasteiger partial charge in [-0.1, -0.05) is 12.8 Å². The van der Waals surface area contributed by atoms with Gasteiger partial charge in [0.1, 0.15) is 0 Å². The zero-order valence-electron chi connectivity index (χ0n) is 14.1. The van der Waals surface area contributed by atoms with Crippen LogP contribution in [0.1, 0.15) is 39.0 Å². The Labute approximate surface area is 134 Å². The molecule has 5 nitrogen and oxygen atoms in total. The van der Waals surface area contributed by atoms with E-state index in [1.807, 2.05) is 0 Å². The van der Waals surface area contributed by atoms with Crippen molar-refractivity contribution in [2.45, 2.75) is 57.2 Å². The van der Waals surface area contributed by atoms with Crippen molar-refractivity contribution in [1.82, 2.24) is 15.1 Å². The van der Waals surface area contributed by atoms with Crippen molar-refractivity contribution in [3.63, 3.8) is 0 Å². The molecule has 2 saturated heterocycles. The van der Waals surface area contributed by atoms with Gasteiger partial charge in [0, 0.05) is 45.4 Å². The molecule has 3 rings (SSSR count). The van der Waals surface area contributed by atoms with Crippen molar-refractivity contribution >= 4 is 5.91 Å². The quantitative estimate of drug-likeness (QED) is 0.844. The molecule has 22 heavy (non-hydrogen) atoms. The van der Waals surface area contributed by atoms with Crippen LogP contribution in [0.2, 0.25) is 0 Å². The molecule has 0 bridgehead atoms. The minimum absolute atomic E-state index is 0.0748. The first-order valence-corrected chi connectivity index (χ1v) is 8.97. The Hall–Kier alpha value is -0.650. The van der Waals surface area contributed by atoms with Gasteiger partial charge >= 0.3 is 0 Å².